The molecule has 0 spiro atoms. The molecule has 188 valence electrons. The van der Waals surface area contributed by atoms with Gasteiger partial charge in [-0.2, -0.15) is 44.6 Å². The number of anilines is 1. The number of halogens is 11. The van der Waals surface area contributed by atoms with Gasteiger partial charge in [-0.1, -0.05) is 23.7 Å². The van der Waals surface area contributed by atoms with Crippen molar-refractivity contribution in [2.24, 2.45) is 0 Å². The monoisotopic (exact) mass is 534 g/mol. The fraction of sp³-hybridized carbons (Fsp3) is 0.200. The summed E-state index contributed by atoms with van der Waals surface area (Å²) in [4.78, 5) is 16.5. The van der Waals surface area contributed by atoms with Crippen LogP contribution < -0.4 is 5.06 Å². The Hall–Kier alpha value is -3.13. The number of rotatable bonds is 3. The summed E-state index contributed by atoms with van der Waals surface area (Å²) in [5, 5.41) is 8.37. The van der Waals surface area contributed by atoms with Crippen LogP contribution in [-0.4, -0.2) is 28.5 Å². The molecular formula is C20H9ClF10N2O2. The van der Waals surface area contributed by atoms with Crippen LogP contribution >= 0.6 is 11.6 Å². The highest BCUT2D eigenvalue weighted by molar-refractivity contribution is 6.34. The molecule has 1 amide bonds. The number of fused-ring (bicyclic) bond motifs is 1. The Morgan fingerprint density at radius 3 is 2.03 bits per heavy atom. The highest BCUT2D eigenvalue weighted by Crippen LogP contribution is 2.55. The van der Waals surface area contributed by atoms with Gasteiger partial charge in [-0.05, 0) is 30.3 Å². The molecule has 15 heteroatoms. The van der Waals surface area contributed by atoms with Gasteiger partial charge in [-0.15, -0.1) is 0 Å². The minimum absolute atomic E-state index is 0.168. The number of carbonyl (C=O) groups excluding carboxylic acids is 1. The minimum atomic E-state index is -6.73. The first kappa shape index (κ1) is 26.5. The normalized spacial score (nSPS) is 13.3. The average molecular weight is 535 g/mol. The zero-order valence-corrected chi connectivity index (χ0v) is 17.3. The molecule has 1 N–H and O–H groups in total. The molecule has 0 aliphatic rings. The van der Waals surface area contributed by atoms with Crippen molar-refractivity contribution in [1.82, 2.24) is 4.98 Å². The zero-order valence-electron chi connectivity index (χ0n) is 16.5. The predicted octanol–water partition coefficient (Wildman–Crippen LogP) is 7.23. The molecule has 2 aromatic carbocycles. The fourth-order valence-corrected chi connectivity index (χ4v) is 3.44. The van der Waals surface area contributed by atoms with E-state index in [1.807, 2.05) is 0 Å². The molecule has 0 bridgehead atoms. The Balaban J connectivity index is 2.20. The second-order valence-electron chi connectivity index (χ2n) is 7.03. The van der Waals surface area contributed by atoms with Gasteiger partial charge < -0.3 is 0 Å². The van der Waals surface area contributed by atoms with Crippen LogP contribution in [0.25, 0.3) is 10.9 Å². The van der Waals surface area contributed by atoms with Crippen LogP contribution in [0.5, 0.6) is 0 Å². The smallest absolute Gasteiger partial charge is 0.281 e. The molecule has 0 atom stereocenters. The van der Waals surface area contributed by atoms with Crippen LogP contribution in [0.3, 0.4) is 0 Å². The summed E-state index contributed by atoms with van der Waals surface area (Å²) in [6.45, 7) is 0. The molecule has 1 heterocycles. The van der Waals surface area contributed by atoms with Gasteiger partial charge in [-0.25, -0.2) is 4.39 Å². The summed E-state index contributed by atoms with van der Waals surface area (Å²) < 4.78 is 133. The second-order valence-corrected chi connectivity index (χ2v) is 7.44. The van der Waals surface area contributed by atoms with Gasteiger partial charge in [0.05, 0.1) is 16.1 Å². The summed E-state index contributed by atoms with van der Waals surface area (Å²) in [6, 6.07) is 5.30. The van der Waals surface area contributed by atoms with Gasteiger partial charge in [0.1, 0.15) is 5.69 Å². The highest BCUT2D eigenvalue weighted by Gasteiger charge is 2.73. The highest BCUT2D eigenvalue weighted by atomic mass is 35.5. The van der Waals surface area contributed by atoms with E-state index in [2.05, 4.69) is 4.98 Å². The predicted molar refractivity (Wildman–Crippen MR) is 102 cm³/mol. The number of alkyl halides is 10. The van der Waals surface area contributed by atoms with Crippen molar-refractivity contribution >= 4 is 34.1 Å². The first-order chi connectivity index (χ1) is 15.9. The number of pyridine rings is 1. The number of nitrogens with zero attached hydrogens (tertiary/aromatic N) is 2. The standard InChI is InChI=1S/C20H9ClF10N2O2/c21-13-8-11(17(22,19(26,27)28)20(29,30)31)7-12(18(23,24)25)15(13)33(35)16(34)10-4-3-9-2-1-5-32-14(9)6-10/h1-8,35H. The van der Waals surface area contributed by atoms with E-state index in [1.165, 1.54) is 18.3 Å². The lowest BCUT2D eigenvalue weighted by atomic mass is 9.91. The maximum Gasteiger partial charge on any atom is 0.435 e. The molecule has 3 rings (SSSR count). The maximum absolute atomic E-state index is 14.4. The average Bonchev–Trinajstić information content (AvgIpc) is 2.74. The van der Waals surface area contributed by atoms with Crippen LogP contribution in [0, 0.1) is 0 Å². The molecule has 0 radical (unpaired) electrons. The van der Waals surface area contributed by atoms with Gasteiger partial charge in [0.2, 0.25) is 0 Å². The van der Waals surface area contributed by atoms with Crippen molar-refractivity contribution in [3.05, 3.63) is 70.4 Å². The van der Waals surface area contributed by atoms with Gasteiger partial charge in [-0.3, -0.25) is 15.0 Å². The number of hydrogen-bond donors (Lipinski definition) is 1. The fourth-order valence-electron chi connectivity index (χ4n) is 3.14. The van der Waals surface area contributed by atoms with Gasteiger partial charge in [0.15, 0.2) is 0 Å². The molecule has 0 saturated carbocycles. The molecule has 0 fully saturated rings. The van der Waals surface area contributed by atoms with Crippen molar-refractivity contribution in [2.75, 3.05) is 5.06 Å². The Kier molecular flexibility index (Phi) is 6.44. The van der Waals surface area contributed by atoms with E-state index in [0.29, 0.717) is 5.39 Å². The Morgan fingerprint density at radius 2 is 1.49 bits per heavy atom. The summed E-state index contributed by atoms with van der Waals surface area (Å²) >= 11 is 5.50. The quantitative estimate of drug-likeness (QED) is 0.219. The van der Waals surface area contributed by atoms with Crippen molar-refractivity contribution in [3.8, 4) is 0 Å². The third-order valence-corrected chi connectivity index (χ3v) is 5.09. The first-order valence-electron chi connectivity index (χ1n) is 9.01. The Morgan fingerprint density at radius 1 is 0.886 bits per heavy atom. The molecular weight excluding hydrogens is 526 g/mol. The molecule has 3 aromatic rings. The van der Waals surface area contributed by atoms with Crippen LogP contribution in [0.4, 0.5) is 49.6 Å². The third-order valence-electron chi connectivity index (χ3n) is 4.80. The van der Waals surface area contributed by atoms with E-state index in [0.717, 1.165) is 12.1 Å². The number of benzene rings is 2. The van der Waals surface area contributed by atoms with E-state index in [4.69, 9.17) is 11.6 Å². The Bertz CT molecular complexity index is 1270. The van der Waals surface area contributed by atoms with Crippen LogP contribution in [-0.2, 0) is 11.8 Å². The number of amides is 1. The SMILES string of the molecule is O=C(c1ccc2cccnc2c1)N(O)c1c(Cl)cc(C(F)(C(F)(F)F)C(F)(F)F)cc1C(F)(F)F. The van der Waals surface area contributed by atoms with E-state index in [-0.39, 0.29) is 5.52 Å². The number of hydrogen-bond acceptors (Lipinski definition) is 3. The second kappa shape index (κ2) is 8.52. The van der Waals surface area contributed by atoms with E-state index in [9.17, 15) is 53.9 Å². The van der Waals surface area contributed by atoms with Crippen LogP contribution in [0.1, 0.15) is 21.5 Å². The zero-order chi connectivity index (χ0) is 26.6. The van der Waals surface area contributed by atoms with E-state index < -0.39 is 74.7 Å². The largest absolute Gasteiger partial charge is 0.435 e. The molecule has 0 unspecified atom stereocenters. The molecule has 0 aliphatic carbocycles. The topological polar surface area (TPSA) is 53.4 Å². The van der Waals surface area contributed by atoms with Gasteiger partial charge in [0, 0.05) is 22.7 Å². The molecule has 4 nitrogen and oxygen atoms in total. The van der Waals surface area contributed by atoms with Crippen molar-refractivity contribution in [1.29, 1.82) is 0 Å². The lowest BCUT2D eigenvalue weighted by Crippen LogP contribution is -2.50. The third kappa shape index (κ3) is 4.59. The molecule has 0 aliphatic heterocycles. The Labute approximate surface area is 193 Å². The lowest BCUT2D eigenvalue weighted by molar-refractivity contribution is -0.348. The van der Waals surface area contributed by atoms with E-state index in [1.54, 1.807) is 6.07 Å². The summed E-state index contributed by atoms with van der Waals surface area (Å²) in [5.74, 6) is -1.59. The molecule has 0 saturated heterocycles. The van der Waals surface area contributed by atoms with Gasteiger partial charge >= 0.3 is 24.2 Å². The van der Waals surface area contributed by atoms with E-state index >= 15 is 0 Å². The van der Waals surface area contributed by atoms with Crippen molar-refractivity contribution in [2.45, 2.75) is 24.2 Å². The summed E-state index contributed by atoms with van der Waals surface area (Å²) in [5.41, 5.74) is -13.2. The number of hydroxylamine groups is 1. The number of carbonyl (C=O) groups is 1. The van der Waals surface area contributed by atoms with Crippen molar-refractivity contribution < 1.29 is 53.9 Å². The van der Waals surface area contributed by atoms with Crippen LogP contribution in [0.2, 0.25) is 5.02 Å². The molecule has 1 aromatic heterocycles. The van der Waals surface area contributed by atoms with Crippen LogP contribution in [0.15, 0.2) is 48.7 Å². The lowest BCUT2D eigenvalue weighted by Gasteiger charge is -2.31. The minimum Gasteiger partial charge on any atom is -0.281 e. The van der Waals surface area contributed by atoms with Crippen molar-refractivity contribution in [3.63, 3.8) is 0 Å². The number of aromatic nitrogens is 1. The maximum atomic E-state index is 14.4. The van der Waals surface area contributed by atoms with Gasteiger partial charge in [0.25, 0.3) is 5.91 Å². The molecule has 35 heavy (non-hydrogen) atoms. The first-order valence-corrected chi connectivity index (χ1v) is 9.39. The summed E-state index contributed by atoms with van der Waals surface area (Å²) in [6.07, 6.45) is -17.9. The summed E-state index contributed by atoms with van der Waals surface area (Å²) in [7, 11) is 0.